The van der Waals surface area contributed by atoms with Gasteiger partial charge in [-0.15, -0.1) is 0 Å². The smallest absolute Gasteiger partial charge is 0.408 e. The van der Waals surface area contributed by atoms with Crippen LogP contribution in [0.3, 0.4) is 0 Å². The highest BCUT2D eigenvalue weighted by Gasteiger charge is 2.49. The number of nitrogens with one attached hydrogen (secondary N) is 3. The zero-order valence-corrected chi connectivity index (χ0v) is 27.1. The van der Waals surface area contributed by atoms with Crippen LogP contribution >= 0.6 is 7.37 Å². The van der Waals surface area contributed by atoms with E-state index in [1.165, 1.54) is 7.11 Å². The summed E-state index contributed by atoms with van der Waals surface area (Å²) >= 11 is 0. The number of fused-ring (bicyclic) bond motifs is 1. The minimum Gasteiger partial charge on any atom is -0.497 e. The van der Waals surface area contributed by atoms with E-state index in [1.807, 2.05) is 42.5 Å². The maximum atomic E-state index is 14.3. The highest BCUT2D eigenvalue weighted by atomic mass is 31.2. The third kappa shape index (κ3) is 8.41. The number of hydrogen-bond acceptors (Lipinski definition) is 6. The Balaban J connectivity index is 1.35. The third-order valence-electron chi connectivity index (χ3n) is 8.85. The Labute approximate surface area is 273 Å². The minimum absolute atomic E-state index is 0.00573. The summed E-state index contributed by atoms with van der Waals surface area (Å²) in [5.41, 5.74) is 1.72. The standard InChI is InChI=1S/C35H40N3O8P/c1-45-27-15-13-24(14-16-27)19-31(38-34(42)46-22-25-9-3-2-4-10-25)47(43,44)23-35(17-7-8-18-35)33(41)37-30(32(39)40)20-26-21-36-29-12-6-5-11-28(26)29/h2-6,9-16,21,30-31,36H,7-8,17-20,22-23H2,1H3,(H,37,41)(H,38,42)(H,39,40)(H,43,44)/t30-,31?/m0/s1. The predicted octanol–water partition coefficient (Wildman–Crippen LogP) is 5.61. The van der Waals surface area contributed by atoms with Crippen LogP contribution in [0.15, 0.2) is 85.1 Å². The molecule has 1 aliphatic carbocycles. The maximum absolute atomic E-state index is 14.3. The number of aromatic amines is 1. The Hall–Kier alpha value is -4.60. The van der Waals surface area contributed by atoms with Gasteiger partial charge in [-0.25, -0.2) is 9.59 Å². The van der Waals surface area contributed by atoms with E-state index >= 15 is 0 Å². The molecule has 5 rings (SSSR count). The van der Waals surface area contributed by atoms with Gasteiger partial charge in [0, 0.05) is 36.1 Å². The van der Waals surface area contributed by atoms with E-state index in [4.69, 9.17) is 9.47 Å². The number of amides is 2. The number of H-pyrrole nitrogens is 1. The highest BCUT2D eigenvalue weighted by Crippen LogP contribution is 2.55. The number of para-hydroxylation sites is 1. The first-order valence-corrected chi connectivity index (χ1v) is 17.5. The van der Waals surface area contributed by atoms with Crippen molar-refractivity contribution in [1.29, 1.82) is 0 Å². The number of hydrogen-bond donors (Lipinski definition) is 5. The molecule has 47 heavy (non-hydrogen) atoms. The zero-order chi connectivity index (χ0) is 33.4. The van der Waals surface area contributed by atoms with Gasteiger partial charge in [-0.05, 0) is 47.7 Å². The van der Waals surface area contributed by atoms with Gasteiger partial charge in [-0.1, -0.05) is 73.5 Å². The largest absolute Gasteiger partial charge is 0.497 e. The number of methoxy groups -OCH3 is 1. The van der Waals surface area contributed by atoms with E-state index in [0.717, 1.165) is 22.0 Å². The summed E-state index contributed by atoms with van der Waals surface area (Å²) in [6, 6.07) is 22.2. The molecule has 4 aromatic rings. The predicted molar refractivity (Wildman–Crippen MR) is 177 cm³/mol. The van der Waals surface area contributed by atoms with Gasteiger partial charge in [0.05, 0.1) is 12.5 Å². The molecule has 0 saturated heterocycles. The number of carboxylic acids is 1. The number of carbonyl (C=O) groups is 3. The van der Waals surface area contributed by atoms with E-state index in [2.05, 4.69) is 15.6 Å². The van der Waals surface area contributed by atoms with Gasteiger partial charge in [0.1, 0.15) is 24.2 Å². The minimum atomic E-state index is -4.32. The fraction of sp³-hybridized carbons (Fsp3) is 0.343. The molecule has 0 bridgehead atoms. The summed E-state index contributed by atoms with van der Waals surface area (Å²) in [6.45, 7) is -0.0307. The molecule has 1 aliphatic rings. The fourth-order valence-corrected chi connectivity index (χ4v) is 8.62. The van der Waals surface area contributed by atoms with Crippen LogP contribution in [0.5, 0.6) is 5.75 Å². The van der Waals surface area contributed by atoms with Crippen LogP contribution in [-0.2, 0) is 38.3 Å². The molecular weight excluding hydrogens is 621 g/mol. The number of ether oxygens (including phenoxy) is 2. The van der Waals surface area contributed by atoms with Crippen LogP contribution < -0.4 is 15.4 Å². The average Bonchev–Trinajstić information content (AvgIpc) is 3.71. The van der Waals surface area contributed by atoms with E-state index in [0.29, 0.717) is 37.0 Å². The number of benzene rings is 3. The fourth-order valence-electron chi connectivity index (χ4n) is 6.26. The first kappa shape index (κ1) is 33.8. The second kappa shape index (κ2) is 14.9. The van der Waals surface area contributed by atoms with Gasteiger partial charge in [-0.2, -0.15) is 0 Å². The summed E-state index contributed by atoms with van der Waals surface area (Å²) < 4.78 is 24.9. The Kier molecular flexibility index (Phi) is 10.7. The topological polar surface area (TPSA) is 167 Å². The molecular formula is C35H40N3O8P. The molecule has 5 N–H and O–H groups in total. The van der Waals surface area contributed by atoms with Crippen LogP contribution in [0.2, 0.25) is 0 Å². The second-order valence-corrected chi connectivity index (χ2v) is 14.6. The number of carboxylic acid groups (broad SMARTS) is 1. The average molecular weight is 662 g/mol. The molecule has 248 valence electrons. The van der Waals surface area contributed by atoms with Crippen LogP contribution in [0, 0.1) is 5.41 Å². The van der Waals surface area contributed by atoms with Crippen molar-refractivity contribution in [2.45, 2.75) is 57.0 Å². The van der Waals surface area contributed by atoms with Crippen molar-refractivity contribution in [2.75, 3.05) is 13.3 Å². The summed E-state index contributed by atoms with van der Waals surface area (Å²) in [7, 11) is -2.78. The lowest BCUT2D eigenvalue weighted by molar-refractivity contribution is -0.143. The molecule has 1 heterocycles. The Bertz CT molecular complexity index is 1730. The molecule has 1 saturated carbocycles. The first-order chi connectivity index (χ1) is 22.6. The molecule has 0 aliphatic heterocycles. The molecule has 0 radical (unpaired) electrons. The van der Waals surface area contributed by atoms with Crippen molar-refractivity contribution >= 4 is 36.2 Å². The zero-order valence-electron chi connectivity index (χ0n) is 26.2. The Morgan fingerprint density at radius 2 is 1.60 bits per heavy atom. The van der Waals surface area contributed by atoms with Crippen molar-refractivity contribution in [3.63, 3.8) is 0 Å². The van der Waals surface area contributed by atoms with Crippen molar-refractivity contribution in [3.8, 4) is 5.75 Å². The van der Waals surface area contributed by atoms with Crippen LogP contribution in [-0.4, -0.2) is 58.1 Å². The van der Waals surface area contributed by atoms with Crippen LogP contribution in [0.25, 0.3) is 10.9 Å². The van der Waals surface area contributed by atoms with Crippen molar-refractivity contribution in [3.05, 3.63) is 102 Å². The molecule has 1 aromatic heterocycles. The van der Waals surface area contributed by atoms with Crippen molar-refractivity contribution < 1.29 is 38.4 Å². The molecule has 0 spiro atoms. The normalized spacial score (nSPS) is 16.5. The van der Waals surface area contributed by atoms with Gasteiger partial charge >= 0.3 is 12.1 Å². The van der Waals surface area contributed by atoms with E-state index < -0.39 is 48.7 Å². The van der Waals surface area contributed by atoms with Crippen LogP contribution in [0.1, 0.15) is 42.4 Å². The quantitative estimate of drug-likeness (QED) is 0.109. The Morgan fingerprint density at radius 3 is 2.28 bits per heavy atom. The number of aliphatic carboxylic acids is 1. The molecule has 2 unspecified atom stereocenters. The van der Waals surface area contributed by atoms with Gasteiger partial charge in [0.25, 0.3) is 0 Å². The van der Waals surface area contributed by atoms with Gasteiger partial charge in [0.2, 0.25) is 13.3 Å². The van der Waals surface area contributed by atoms with Crippen molar-refractivity contribution in [1.82, 2.24) is 15.6 Å². The van der Waals surface area contributed by atoms with Gasteiger partial charge in [-0.3, -0.25) is 9.36 Å². The van der Waals surface area contributed by atoms with E-state index in [-0.39, 0.29) is 19.4 Å². The molecule has 12 heteroatoms. The van der Waals surface area contributed by atoms with E-state index in [1.54, 1.807) is 42.6 Å². The lowest BCUT2D eigenvalue weighted by atomic mass is 9.87. The van der Waals surface area contributed by atoms with E-state index in [9.17, 15) is 28.9 Å². The lowest BCUT2D eigenvalue weighted by Gasteiger charge is -2.34. The lowest BCUT2D eigenvalue weighted by Crippen LogP contribution is -2.50. The highest BCUT2D eigenvalue weighted by molar-refractivity contribution is 7.58. The number of aromatic nitrogens is 1. The van der Waals surface area contributed by atoms with Crippen LogP contribution in [0.4, 0.5) is 4.79 Å². The monoisotopic (exact) mass is 661 g/mol. The van der Waals surface area contributed by atoms with Gasteiger partial charge < -0.3 is 35.1 Å². The third-order valence-corrected chi connectivity index (χ3v) is 11.2. The second-order valence-electron chi connectivity index (χ2n) is 12.1. The summed E-state index contributed by atoms with van der Waals surface area (Å²) in [6.07, 6.45) is 2.38. The summed E-state index contributed by atoms with van der Waals surface area (Å²) in [5.74, 6) is -2.45. The first-order valence-electron chi connectivity index (χ1n) is 15.6. The number of rotatable bonds is 14. The molecule has 2 amide bonds. The molecule has 3 aromatic carbocycles. The SMILES string of the molecule is COc1ccc(CC(NC(=O)OCc2ccccc2)P(=O)(O)CC2(C(=O)N[C@@H](Cc3c[nH]c4ccccc34)C(=O)O)CCCC2)cc1. The van der Waals surface area contributed by atoms with Crippen molar-refractivity contribution in [2.24, 2.45) is 5.41 Å². The summed E-state index contributed by atoms with van der Waals surface area (Å²) in [5, 5.41) is 16.2. The molecule has 11 nitrogen and oxygen atoms in total. The molecule has 3 atom stereocenters. The van der Waals surface area contributed by atoms with Gasteiger partial charge in [0.15, 0.2) is 0 Å². The Morgan fingerprint density at radius 1 is 0.915 bits per heavy atom. The maximum Gasteiger partial charge on any atom is 0.408 e. The molecule has 1 fully saturated rings. The number of alkyl carbamates (subject to hydrolysis) is 1. The summed E-state index contributed by atoms with van der Waals surface area (Å²) in [4.78, 5) is 54.0. The number of carbonyl (C=O) groups excluding carboxylic acids is 2.